The first-order valence-corrected chi connectivity index (χ1v) is 5.69. The molecule has 0 aliphatic heterocycles. The number of rotatable bonds is 1. The van der Waals surface area contributed by atoms with Gasteiger partial charge in [-0.15, -0.1) is 0 Å². The van der Waals surface area contributed by atoms with Crippen molar-refractivity contribution >= 4 is 5.78 Å². The maximum atomic E-state index is 10.0. The molecule has 0 aromatic rings. The Kier molecular flexibility index (Phi) is 7.50. The Hall–Kier alpha value is -0.236. The van der Waals surface area contributed by atoms with Gasteiger partial charge in [0.05, 0.1) is 5.76 Å². The summed E-state index contributed by atoms with van der Waals surface area (Å²) in [4.78, 5) is 10.0. The van der Waals surface area contributed by atoms with Crippen LogP contribution in [-0.2, 0) is 22.9 Å². The Morgan fingerprint density at radius 3 is 1.42 bits per heavy atom. The first-order chi connectivity index (χ1) is 5.13. The Bertz CT molecular complexity index is 159. The zero-order chi connectivity index (χ0) is 10.4. The van der Waals surface area contributed by atoms with Gasteiger partial charge in [0.15, 0.2) is 5.78 Å². The summed E-state index contributed by atoms with van der Waals surface area (Å²) in [6, 6.07) is 0. The van der Waals surface area contributed by atoms with E-state index in [-0.39, 0.29) is 11.5 Å². The van der Waals surface area contributed by atoms with Crippen LogP contribution in [0.4, 0.5) is 0 Å². The fourth-order valence-electron chi connectivity index (χ4n) is 0.294. The van der Waals surface area contributed by atoms with Crippen molar-refractivity contribution in [3.63, 3.8) is 0 Å². The van der Waals surface area contributed by atoms with E-state index in [4.69, 9.17) is 19.9 Å². The van der Waals surface area contributed by atoms with E-state index in [9.17, 15) is 4.79 Å². The molecule has 0 atom stereocenters. The average Bonchev–Trinajstić information content (AvgIpc) is 1.52. The van der Waals surface area contributed by atoms with E-state index >= 15 is 0 Å². The molecule has 0 aromatic heterocycles. The van der Waals surface area contributed by atoms with Crippen LogP contribution in [0.2, 0.25) is 0 Å². The van der Waals surface area contributed by atoms with E-state index in [2.05, 4.69) is 0 Å². The zero-order valence-corrected chi connectivity index (χ0v) is 8.28. The van der Waals surface area contributed by atoms with E-state index in [0.29, 0.717) is 0 Å². The van der Waals surface area contributed by atoms with Gasteiger partial charge in [0.25, 0.3) is 0 Å². The summed E-state index contributed by atoms with van der Waals surface area (Å²) in [5.41, 5.74) is 0. The van der Waals surface area contributed by atoms with E-state index in [1.807, 2.05) is 0 Å². The van der Waals surface area contributed by atoms with Crippen molar-refractivity contribution in [2.75, 3.05) is 0 Å². The van der Waals surface area contributed by atoms with Gasteiger partial charge in [0.2, 0.25) is 0 Å². The van der Waals surface area contributed by atoms with Crippen LogP contribution >= 0.6 is 0 Å². The van der Waals surface area contributed by atoms with E-state index in [0.717, 1.165) is 0 Å². The summed E-state index contributed by atoms with van der Waals surface area (Å²) in [6.07, 6.45) is 1.17. The van der Waals surface area contributed by atoms with Crippen molar-refractivity contribution in [3.8, 4) is 0 Å². The fraction of sp³-hybridized carbons (Fsp3) is 0.400. The van der Waals surface area contributed by atoms with Crippen molar-refractivity contribution in [2.45, 2.75) is 13.8 Å². The predicted octanol–water partition coefficient (Wildman–Crippen LogP) is -1.19. The van der Waals surface area contributed by atoms with Crippen molar-refractivity contribution in [1.29, 1.82) is 0 Å². The molecule has 0 bridgehead atoms. The Balaban J connectivity index is 0. The first kappa shape index (κ1) is 14.3. The molecular weight excluding hydrogens is 204 g/mol. The third kappa shape index (κ3) is 52.9. The monoisotopic (exact) mass is 216 g/mol. The van der Waals surface area contributed by atoms with Gasteiger partial charge in [-0.05, 0) is 13.8 Å². The van der Waals surface area contributed by atoms with Crippen LogP contribution in [0.25, 0.3) is 0 Å². The molecule has 0 spiro atoms. The number of hydrogen-bond acceptors (Lipinski definition) is 6. The Morgan fingerprint density at radius 2 is 1.42 bits per heavy atom. The van der Waals surface area contributed by atoms with Gasteiger partial charge < -0.3 is 5.11 Å². The number of aliphatic hydroxyl groups is 1. The number of ketones is 1. The van der Waals surface area contributed by atoms with Crippen molar-refractivity contribution < 1.29 is 42.8 Å². The van der Waals surface area contributed by atoms with Gasteiger partial charge in [-0.3, -0.25) is 4.79 Å². The number of carbonyl (C=O) groups excluding carboxylic acids is 1. The summed E-state index contributed by atoms with van der Waals surface area (Å²) >= 11 is -5.00. The van der Waals surface area contributed by atoms with Crippen LogP contribution < -0.4 is 0 Å². The SMILES string of the molecule is CC(=O)/C=C(/C)O.[OH][Ti]([OH])([OH])[OH]. The van der Waals surface area contributed by atoms with Gasteiger partial charge in [0.1, 0.15) is 0 Å². The molecule has 5 N–H and O–H groups in total. The maximum absolute atomic E-state index is 10.0. The average molecular weight is 216 g/mol. The second-order valence-electron chi connectivity index (χ2n) is 2.00. The Labute approximate surface area is 74.7 Å². The zero-order valence-electron chi connectivity index (χ0n) is 6.72. The third-order valence-corrected chi connectivity index (χ3v) is 0.412. The third-order valence-electron chi connectivity index (χ3n) is 0.412. The topological polar surface area (TPSA) is 118 Å². The minimum absolute atomic E-state index is 0.0625. The van der Waals surface area contributed by atoms with Crippen LogP contribution in [0.5, 0.6) is 0 Å². The number of allylic oxidation sites excluding steroid dienone is 2. The second kappa shape index (κ2) is 6.30. The number of aliphatic hydroxyl groups excluding tert-OH is 1. The van der Waals surface area contributed by atoms with E-state index < -0.39 is 18.1 Å². The second-order valence-corrected chi connectivity index (χ2v) is 3.87. The molecule has 72 valence electrons. The molecule has 0 rings (SSSR count). The van der Waals surface area contributed by atoms with Gasteiger partial charge in [-0.1, -0.05) is 0 Å². The van der Waals surface area contributed by atoms with Gasteiger partial charge in [-0.2, -0.15) is 0 Å². The standard InChI is InChI=1S/C5H8O2.4H2O.Ti/c1-4(6)3-5(2)7;;;;;/h3,6H,1-2H3;4*1H2;/q;;;;;+4/p-4/b4-3-;;;;;. The molecule has 0 aliphatic rings. The summed E-state index contributed by atoms with van der Waals surface area (Å²) in [5.74, 6) is -0.0625. The van der Waals surface area contributed by atoms with Crippen molar-refractivity contribution in [1.82, 2.24) is 0 Å². The molecule has 6 nitrogen and oxygen atoms in total. The van der Waals surface area contributed by atoms with Crippen molar-refractivity contribution in [3.05, 3.63) is 11.8 Å². The molecule has 0 fully saturated rings. The van der Waals surface area contributed by atoms with Gasteiger partial charge in [-0.25, -0.2) is 0 Å². The van der Waals surface area contributed by atoms with Crippen LogP contribution in [-0.4, -0.2) is 25.6 Å². The predicted molar refractivity (Wildman–Crippen MR) is 35.9 cm³/mol. The molecule has 0 saturated carbocycles. The quantitative estimate of drug-likeness (QED) is 0.213. The van der Waals surface area contributed by atoms with E-state index in [1.54, 1.807) is 0 Å². The minimum atomic E-state index is -5.00. The normalized spacial score (nSPS) is 11.7. The number of carbonyl (C=O) groups is 1. The summed E-state index contributed by atoms with van der Waals surface area (Å²) in [7, 11) is 0. The molecule has 0 saturated heterocycles. The van der Waals surface area contributed by atoms with Gasteiger partial charge >= 0.3 is 32.9 Å². The molecular formula is C5H12O6Ti. The van der Waals surface area contributed by atoms with Crippen molar-refractivity contribution in [2.24, 2.45) is 0 Å². The van der Waals surface area contributed by atoms with Crippen LogP contribution in [0, 0.1) is 0 Å². The molecule has 7 heteroatoms. The molecule has 0 unspecified atom stereocenters. The van der Waals surface area contributed by atoms with Crippen LogP contribution in [0.1, 0.15) is 13.8 Å². The molecule has 0 aromatic carbocycles. The van der Waals surface area contributed by atoms with E-state index in [1.165, 1.54) is 19.9 Å². The molecule has 0 amide bonds. The summed E-state index contributed by atoms with van der Waals surface area (Å²) < 4.78 is 29.5. The first-order valence-electron chi connectivity index (χ1n) is 2.90. The molecule has 12 heavy (non-hydrogen) atoms. The summed E-state index contributed by atoms with van der Waals surface area (Å²) in [6.45, 7) is 2.85. The van der Waals surface area contributed by atoms with Crippen LogP contribution in [0.15, 0.2) is 11.8 Å². The molecule has 0 aliphatic carbocycles. The fourth-order valence-corrected chi connectivity index (χ4v) is 0.294. The number of hydrogen-bond donors (Lipinski definition) is 5. The molecule has 0 heterocycles. The Morgan fingerprint density at radius 1 is 1.17 bits per heavy atom. The molecule has 0 radical (unpaired) electrons. The van der Waals surface area contributed by atoms with Gasteiger partial charge in [0, 0.05) is 6.08 Å². The van der Waals surface area contributed by atoms with Crippen LogP contribution in [0.3, 0.4) is 0 Å². The summed E-state index contributed by atoms with van der Waals surface area (Å²) in [5, 5.41) is 8.36.